The number of benzene rings is 1. The van der Waals surface area contributed by atoms with E-state index in [9.17, 15) is 0 Å². The van der Waals surface area contributed by atoms with E-state index in [2.05, 4.69) is 38.7 Å². The highest BCUT2D eigenvalue weighted by Gasteiger charge is 2.29. The zero-order chi connectivity index (χ0) is 20.4. The zero-order valence-electron chi connectivity index (χ0n) is 18.1. The smallest absolute Gasteiger partial charge is 0.266 e. The van der Waals surface area contributed by atoms with Crippen LogP contribution in [0.25, 0.3) is 11.5 Å². The quantitative estimate of drug-likeness (QED) is 0.766. The van der Waals surface area contributed by atoms with Crippen LogP contribution in [0.4, 0.5) is 5.95 Å². The molecule has 0 atom stereocenters. The van der Waals surface area contributed by atoms with E-state index in [1.807, 2.05) is 25.1 Å². The van der Waals surface area contributed by atoms with E-state index in [1.165, 1.54) is 26.2 Å². The Balaban J connectivity index is 1.34. The second-order valence-electron chi connectivity index (χ2n) is 8.47. The molecule has 1 aromatic heterocycles. The lowest BCUT2D eigenvalue weighted by Crippen LogP contribution is -2.54. The summed E-state index contributed by atoms with van der Waals surface area (Å²) >= 11 is 0. The minimum absolute atomic E-state index is 0.547. The molecule has 4 rings (SSSR count). The van der Waals surface area contributed by atoms with Crippen LogP contribution < -0.4 is 9.64 Å². The third kappa shape index (κ3) is 4.41. The van der Waals surface area contributed by atoms with E-state index >= 15 is 0 Å². The van der Waals surface area contributed by atoms with E-state index in [0.717, 1.165) is 42.8 Å². The third-order valence-electron chi connectivity index (χ3n) is 6.41. The number of rotatable bonds is 5. The van der Waals surface area contributed by atoms with E-state index in [1.54, 1.807) is 7.11 Å². The van der Waals surface area contributed by atoms with Crippen LogP contribution in [-0.4, -0.2) is 78.4 Å². The molecule has 0 aliphatic carbocycles. The van der Waals surface area contributed by atoms with Gasteiger partial charge in [0.05, 0.1) is 7.11 Å². The standard InChI is InChI=1S/C22H33N5O2/c1-16(2)25-11-13-26(14-12-25)19-7-9-27(10-8-19)22-23-21(29-24-22)18-6-5-17(3)20(15-18)28-4/h5-6,15-16,19H,7-14H2,1-4H3. The van der Waals surface area contributed by atoms with Gasteiger partial charge < -0.3 is 14.2 Å². The lowest BCUT2D eigenvalue weighted by Gasteiger charge is -2.43. The molecule has 2 fully saturated rings. The molecule has 7 heteroatoms. The first-order valence-corrected chi connectivity index (χ1v) is 10.8. The average molecular weight is 400 g/mol. The molecule has 0 bridgehead atoms. The highest BCUT2D eigenvalue weighted by molar-refractivity contribution is 5.58. The first kappa shape index (κ1) is 20.2. The van der Waals surface area contributed by atoms with Crippen LogP contribution >= 0.6 is 0 Å². The van der Waals surface area contributed by atoms with Crippen molar-refractivity contribution in [2.75, 3.05) is 51.3 Å². The number of piperazine rings is 1. The lowest BCUT2D eigenvalue weighted by molar-refractivity contribution is 0.0691. The third-order valence-corrected chi connectivity index (χ3v) is 6.41. The van der Waals surface area contributed by atoms with Gasteiger partial charge in [-0.05, 0) is 56.5 Å². The van der Waals surface area contributed by atoms with Gasteiger partial charge in [0.1, 0.15) is 5.75 Å². The maximum Gasteiger partial charge on any atom is 0.266 e. The summed E-state index contributed by atoms with van der Waals surface area (Å²) in [6.07, 6.45) is 2.31. The molecular weight excluding hydrogens is 366 g/mol. The molecule has 1 aromatic carbocycles. The molecule has 0 radical (unpaired) electrons. The largest absolute Gasteiger partial charge is 0.496 e. The second-order valence-corrected chi connectivity index (χ2v) is 8.47. The average Bonchev–Trinajstić information content (AvgIpc) is 3.24. The fourth-order valence-electron chi connectivity index (χ4n) is 4.46. The van der Waals surface area contributed by atoms with Crippen molar-refractivity contribution < 1.29 is 9.26 Å². The maximum atomic E-state index is 5.55. The monoisotopic (exact) mass is 399 g/mol. The van der Waals surface area contributed by atoms with Crippen molar-refractivity contribution in [3.63, 3.8) is 0 Å². The summed E-state index contributed by atoms with van der Waals surface area (Å²) in [5.74, 6) is 2.08. The number of piperidine rings is 1. The molecule has 0 saturated carbocycles. The number of ether oxygens (including phenoxy) is 1. The molecule has 0 amide bonds. The van der Waals surface area contributed by atoms with Crippen LogP contribution in [0.5, 0.6) is 5.75 Å². The Morgan fingerprint density at radius 1 is 1.07 bits per heavy atom. The van der Waals surface area contributed by atoms with Gasteiger partial charge in [-0.2, -0.15) is 4.98 Å². The van der Waals surface area contributed by atoms with E-state index < -0.39 is 0 Å². The summed E-state index contributed by atoms with van der Waals surface area (Å²) in [4.78, 5) is 12.2. The minimum Gasteiger partial charge on any atom is -0.496 e. The Hall–Kier alpha value is -2.12. The second kappa shape index (κ2) is 8.71. The summed E-state index contributed by atoms with van der Waals surface area (Å²) in [7, 11) is 1.68. The molecule has 0 spiro atoms. The Kier molecular flexibility index (Phi) is 6.06. The number of hydrogen-bond donors (Lipinski definition) is 0. The van der Waals surface area contributed by atoms with Crippen molar-refractivity contribution in [1.82, 2.24) is 19.9 Å². The summed E-state index contributed by atoms with van der Waals surface area (Å²) in [5.41, 5.74) is 1.98. The van der Waals surface area contributed by atoms with E-state index in [-0.39, 0.29) is 0 Å². The van der Waals surface area contributed by atoms with E-state index in [4.69, 9.17) is 9.26 Å². The van der Waals surface area contributed by atoms with Crippen LogP contribution in [0.2, 0.25) is 0 Å². The molecule has 158 valence electrons. The van der Waals surface area contributed by atoms with Gasteiger partial charge in [0.2, 0.25) is 0 Å². The summed E-state index contributed by atoms with van der Waals surface area (Å²) < 4.78 is 11.0. The van der Waals surface area contributed by atoms with Crippen molar-refractivity contribution in [2.45, 2.75) is 45.7 Å². The Bertz CT molecular complexity index is 805. The van der Waals surface area contributed by atoms with E-state index in [0.29, 0.717) is 23.9 Å². The predicted octanol–water partition coefficient (Wildman–Crippen LogP) is 3.05. The van der Waals surface area contributed by atoms with Crippen LogP contribution in [0.3, 0.4) is 0 Å². The SMILES string of the molecule is COc1cc(-c2nc(N3CCC(N4CCN(C(C)C)CC4)CC3)no2)ccc1C. The molecule has 29 heavy (non-hydrogen) atoms. The number of aryl methyl sites for hydroxylation is 1. The predicted molar refractivity (Wildman–Crippen MR) is 115 cm³/mol. The molecule has 0 unspecified atom stereocenters. The molecule has 7 nitrogen and oxygen atoms in total. The number of aromatic nitrogens is 2. The fourth-order valence-corrected chi connectivity index (χ4v) is 4.46. The molecule has 2 aromatic rings. The maximum absolute atomic E-state index is 5.55. The van der Waals surface area contributed by atoms with Crippen molar-refractivity contribution in [3.05, 3.63) is 23.8 Å². The highest BCUT2D eigenvalue weighted by atomic mass is 16.5. The van der Waals surface area contributed by atoms with Crippen LogP contribution in [-0.2, 0) is 0 Å². The van der Waals surface area contributed by atoms with Gasteiger partial charge in [0.25, 0.3) is 11.8 Å². The van der Waals surface area contributed by atoms with Crippen molar-refractivity contribution in [3.8, 4) is 17.2 Å². The summed E-state index contributed by atoms with van der Waals surface area (Å²) in [6, 6.07) is 7.30. The van der Waals surface area contributed by atoms with Gasteiger partial charge in [-0.1, -0.05) is 6.07 Å². The number of hydrogen-bond acceptors (Lipinski definition) is 7. The normalized spacial score (nSPS) is 19.8. The van der Waals surface area contributed by atoms with Crippen molar-refractivity contribution in [1.29, 1.82) is 0 Å². The first-order valence-electron chi connectivity index (χ1n) is 10.8. The highest BCUT2D eigenvalue weighted by Crippen LogP contribution is 2.28. The van der Waals surface area contributed by atoms with Crippen molar-refractivity contribution in [2.24, 2.45) is 0 Å². The fraction of sp³-hybridized carbons (Fsp3) is 0.636. The summed E-state index contributed by atoms with van der Waals surface area (Å²) in [6.45, 7) is 13.3. The molecule has 2 saturated heterocycles. The zero-order valence-corrected chi connectivity index (χ0v) is 18.1. The Morgan fingerprint density at radius 2 is 1.79 bits per heavy atom. The first-order chi connectivity index (χ1) is 14.0. The van der Waals surface area contributed by atoms with Gasteiger partial charge in [-0.15, -0.1) is 0 Å². The van der Waals surface area contributed by atoms with Gasteiger partial charge in [0.15, 0.2) is 0 Å². The molecule has 3 heterocycles. The number of methoxy groups -OCH3 is 1. The molecule has 2 aliphatic rings. The number of nitrogens with zero attached hydrogens (tertiary/aromatic N) is 5. The van der Waals surface area contributed by atoms with Crippen molar-refractivity contribution >= 4 is 5.95 Å². The number of anilines is 1. The van der Waals surface area contributed by atoms with Gasteiger partial charge in [-0.3, -0.25) is 9.80 Å². The van der Waals surface area contributed by atoms with Crippen LogP contribution in [0.1, 0.15) is 32.3 Å². The van der Waals surface area contributed by atoms with Gasteiger partial charge in [-0.25, -0.2) is 0 Å². The molecule has 2 aliphatic heterocycles. The topological polar surface area (TPSA) is 57.9 Å². The lowest BCUT2D eigenvalue weighted by atomic mass is 10.0. The Morgan fingerprint density at radius 3 is 2.45 bits per heavy atom. The summed E-state index contributed by atoms with van der Waals surface area (Å²) in [5, 5.41) is 4.24. The van der Waals surface area contributed by atoms with Crippen LogP contribution in [0.15, 0.2) is 22.7 Å². The minimum atomic E-state index is 0.547. The Labute approximate surface area is 173 Å². The van der Waals surface area contributed by atoms with Crippen LogP contribution in [0, 0.1) is 6.92 Å². The van der Waals surface area contributed by atoms with Gasteiger partial charge in [0, 0.05) is 56.9 Å². The van der Waals surface area contributed by atoms with Gasteiger partial charge >= 0.3 is 0 Å². The molecule has 0 N–H and O–H groups in total. The molecular formula is C22H33N5O2.